The third-order valence-electron chi connectivity index (χ3n) is 3.57. The van der Waals surface area contributed by atoms with Gasteiger partial charge in [-0.05, 0) is 13.3 Å². The Labute approximate surface area is 150 Å². The van der Waals surface area contributed by atoms with Crippen LogP contribution in [0.2, 0.25) is 0 Å². The second kappa shape index (κ2) is 10.0. The summed E-state index contributed by atoms with van der Waals surface area (Å²) in [5.74, 6) is 1.00. The summed E-state index contributed by atoms with van der Waals surface area (Å²) in [6.45, 7) is 8.49. The molecule has 22 heavy (non-hydrogen) atoms. The van der Waals surface area contributed by atoms with Crippen molar-refractivity contribution in [3.63, 3.8) is 0 Å². The molecule has 1 aromatic rings. The minimum atomic E-state index is 0. The largest absolute Gasteiger partial charge is 0.370 e. The van der Waals surface area contributed by atoms with Crippen molar-refractivity contribution in [1.82, 2.24) is 20.0 Å². The number of ether oxygens (including phenoxy) is 1. The van der Waals surface area contributed by atoms with E-state index < -0.39 is 0 Å². The Morgan fingerprint density at radius 1 is 1.50 bits per heavy atom. The number of aliphatic imine (C=N–C) groups is 1. The van der Waals surface area contributed by atoms with Crippen LogP contribution in [-0.2, 0) is 11.8 Å². The zero-order chi connectivity index (χ0) is 15.1. The van der Waals surface area contributed by atoms with E-state index in [1.165, 1.54) is 6.42 Å². The van der Waals surface area contributed by atoms with Gasteiger partial charge in [-0.15, -0.1) is 24.0 Å². The number of halogens is 1. The Morgan fingerprint density at radius 2 is 2.32 bits per heavy atom. The number of hydrogen-bond acceptors (Lipinski definition) is 3. The molecule has 1 fully saturated rings. The van der Waals surface area contributed by atoms with E-state index in [1.807, 2.05) is 24.1 Å². The number of morpholine rings is 1. The number of rotatable bonds is 5. The number of hydrogen-bond donors (Lipinski definition) is 1. The highest BCUT2D eigenvalue weighted by molar-refractivity contribution is 14.0. The van der Waals surface area contributed by atoms with Gasteiger partial charge in [0.05, 0.1) is 19.3 Å². The van der Waals surface area contributed by atoms with Gasteiger partial charge in [0.15, 0.2) is 5.96 Å². The summed E-state index contributed by atoms with van der Waals surface area (Å²) < 4.78 is 7.70. The first-order chi connectivity index (χ1) is 10.2. The van der Waals surface area contributed by atoms with Gasteiger partial charge in [-0.25, -0.2) is 0 Å². The molecule has 1 N–H and O–H groups in total. The van der Waals surface area contributed by atoms with Gasteiger partial charge in [0, 0.05) is 38.4 Å². The second-order valence-corrected chi connectivity index (χ2v) is 5.34. The molecule has 0 saturated carbocycles. The van der Waals surface area contributed by atoms with Crippen LogP contribution in [-0.4, -0.2) is 53.4 Å². The fraction of sp³-hybridized carbons (Fsp3) is 0.733. The van der Waals surface area contributed by atoms with Crippen molar-refractivity contribution in [2.45, 2.75) is 32.8 Å². The normalized spacial score (nSPS) is 19.0. The van der Waals surface area contributed by atoms with Gasteiger partial charge in [-0.3, -0.25) is 9.67 Å². The minimum Gasteiger partial charge on any atom is -0.370 e. The molecule has 0 spiro atoms. The van der Waals surface area contributed by atoms with E-state index in [0.717, 1.165) is 50.7 Å². The van der Waals surface area contributed by atoms with E-state index in [-0.39, 0.29) is 30.1 Å². The van der Waals surface area contributed by atoms with Gasteiger partial charge in [-0.1, -0.05) is 13.3 Å². The summed E-state index contributed by atoms with van der Waals surface area (Å²) in [5.41, 5.74) is 1.13. The first-order valence-corrected chi connectivity index (χ1v) is 7.88. The molecule has 0 bridgehead atoms. The molecular weight excluding hydrogens is 393 g/mol. The third-order valence-corrected chi connectivity index (χ3v) is 3.57. The summed E-state index contributed by atoms with van der Waals surface area (Å²) in [7, 11) is 1.93. The lowest BCUT2D eigenvalue weighted by molar-refractivity contribution is -0.00804. The molecule has 7 heteroatoms. The molecule has 1 aliphatic heterocycles. The SMILES string of the molecule is CCCCN=C(NCC)N1CCOC(c2cnn(C)c2)C1.I. The molecule has 1 unspecified atom stereocenters. The lowest BCUT2D eigenvalue weighted by Crippen LogP contribution is -2.48. The van der Waals surface area contributed by atoms with Crippen LogP contribution in [0.4, 0.5) is 0 Å². The standard InChI is InChI=1S/C15H27N5O.HI/c1-4-6-7-17-15(16-5-2)20-8-9-21-14(12-20)13-10-18-19(3)11-13;/h10-11,14H,4-9,12H2,1-3H3,(H,16,17);1H. The topological polar surface area (TPSA) is 54.7 Å². The first kappa shape index (κ1) is 19.2. The zero-order valence-corrected chi connectivity index (χ0v) is 16.1. The quantitative estimate of drug-likeness (QED) is 0.343. The zero-order valence-electron chi connectivity index (χ0n) is 13.8. The van der Waals surface area contributed by atoms with E-state index >= 15 is 0 Å². The van der Waals surface area contributed by atoms with Gasteiger partial charge >= 0.3 is 0 Å². The monoisotopic (exact) mass is 421 g/mol. The van der Waals surface area contributed by atoms with Crippen LogP contribution < -0.4 is 5.32 Å². The van der Waals surface area contributed by atoms with Crippen LogP contribution >= 0.6 is 24.0 Å². The lowest BCUT2D eigenvalue weighted by Gasteiger charge is -2.34. The molecule has 2 rings (SSSR count). The molecule has 1 aliphatic rings. The van der Waals surface area contributed by atoms with Crippen molar-refractivity contribution in [1.29, 1.82) is 0 Å². The Hall–Kier alpha value is -0.830. The number of nitrogens with one attached hydrogen (secondary N) is 1. The predicted molar refractivity (Wildman–Crippen MR) is 99.8 cm³/mol. The summed E-state index contributed by atoms with van der Waals surface area (Å²) in [6, 6.07) is 0. The molecule has 0 amide bonds. The van der Waals surface area contributed by atoms with E-state index in [2.05, 4.69) is 29.2 Å². The summed E-state index contributed by atoms with van der Waals surface area (Å²) in [4.78, 5) is 7.01. The average Bonchev–Trinajstić information content (AvgIpc) is 2.93. The van der Waals surface area contributed by atoms with Crippen molar-refractivity contribution in [3.05, 3.63) is 18.0 Å². The predicted octanol–water partition coefficient (Wildman–Crippen LogP) is 2.18. The van der Waals surface area contributed by atoms with Crippen LogP contribution in [0, 0.1) is 0 Å². The average molecular weight is 421 g/mol. The molecule has 1 aromatic heterocycles. The van der Waals surface area contributed by atoms with Crippen molar-refractivity contribution >= 4 is 29.9 Å². The van der Waals surface area contributed by atoms with E-state index in [9.17, 15) is 0 Å². The summed E-state index contributed by atoms with van der Waals surface area (Å²) >= 11 is 0. The molecular formula is C15H28IN5O. The van der Waals surface area contributed by atoms with Gasteiger partial charge < -0.3 is 15.0 Å². The summed E-state index contributed by atoms with van der Waals surface area (Å²) in [6.07, 6.45) is 6.28. The highest BCUT2D eigenvalue weighted by Crippen LogP contribution is 2.21. The van der Waals surface area contributed by atoms with Gasteiger partial charge in [0.1, 0.15) is 6.10 Å². The Kier molecular flexibility index (Phi) is 8.77. The van der Waals surface area contributed by atoms with Crippen LogP contribution in [0.25, 0.3) is 0 Å². The molecule has 0 radical (unpaired) electrons. The molecule has 6 nitrogen and oxygen atoms in total. The van der Waals surface area contributed by atoms with Gasteiger partial charge in [0.2, 0.25) is 0 Å². The van der Waals surface area contributed by atoms with Crippen LogP contribution in [0.1, 0.15) is 38.4 Å². The van der Waals surface area contributed by atoms with Crippen molar-refractivity contribution in [2.24, 2.45) is 12.0 Å². The molecule has 1 saturated heterocycles. The van der Waals surface area contributed by atoms with Crippen LogP contribution in [0.5, 0.6) is 0 Å². The molecule has 126 valence electrons. The number of aromatic nitrogens is 2. The molecule has 0 aliphatic carbocycles. The maximum Gasteiger partial charge on any atom is 0.194 e. The van der Waals surface area contributed by atoms with Crippen molar-refractivity contribution < 1.29 is 4.74 Å². The second-order valence-electron chi connectivity index (χ2n) is 5.34. The van der Waals surface area contributed by atoms with E-state index in [1.54, 1.807) is 0 Å². The Balaban J connectivity index is 0.00000242. The highest BCUT2D eigenvalue weighted by Gasteiger charge is 2.24. The number of guanidine groups is 1. The van der Waals surface area contributed by atoms with Crippen molar-refractivity contribution in [3.8, 4) is 0 Å². The molecule has 2 heterocycles. The lowest BCUT2D eigenvalue weighted by atomic mass is 10.1. The Morgan fingerprint density at radius 3 is 2.95 bits per heavy atom. The fourth-order valence-corrected chi connectivity index (χ4v) is 2.42. The summed E-state index contributed by atoms with van der Waals surface area (Å²) in [5, 5.41) is 7.62. The number of unbranched alkanes of at least 4 members (excludes halogenated alkanes) is 1. The van der Waals surface area contributed by atoms with Crippen LogP contribution in [0.15, 0.2) is 17.4 Å². The maximum atomic E-state index is 5.88. The number of nitrogens with zero attached hydrogens (tertiary/aromatic N) is 4. The van der Waals surface area contributed by atoms with Gasteiger partial charge in [0.25, 0.3) is 0 Å². The van der Waals surface area contributed by atoms with Crippen molar-refractivity contribution in [2.75, 3.05) is 32.8 Å². The highest BCUT2D eigenvalue weighted by atomic mass is 127. The number of aryl methyl sites for hydroxylation is 1. The van der Waals surface area contributed by atoms with Gasteiger partial charge in [-0.2, -0.15) is 5.10 Å². The third kappa shape index (κ3) is 5.42. The first-order valence-electron chi connectivity index (χ1n) is 7.88. The van der Waals surface area contributed by atoms with Crippen LogP contribution in [0.3, 0.4) is 0 Å². The fourth-order valence-electron chi connectivity index (χ4n) is 2.42. The Bertz CT molecular complexity index is 463. The maximum absolute atomic E-state index is 5.88. The smallest absolute Gasteiger partial charge is 0.194 e. The molecule has 0 aromatic carbocycles. The van der Waals surface area contributed by atoms with E-state index in [0.29, 0.717) is 0 Å². The minimum absolute atomic E-state index is 0. The molecule has 1 atom stereocenters. The van der Waals surface area contributed by atoms with E-state index in [4.69, 9.17) is 9.73 Å².